The molecule has 0 aliphatic rings. The molecule has 0 saturated carbocycles. The highest BCUT2D eigenvalue weighted by molar-refractivity contribution is 9.09. The van der Waals surface area contributed by atoms with E-state index in [2.05, 4.69) is 91.3 Å². The van der Waals surface area contributed by atoms with Gasteiger partial charge in [-0.3, -0.25) is 0 Å². The molecule has 0 aliphatic heterocycles. The molecule has 106 valence electrons. The summed E-state index contributed by atoms with van der Waals surface area (Å²) >= 11 is 3.81. The van der Waals surface area contributed by atoms with Crippen LogP contribution in [0, 0.1) is 5.41 Å². The molecule has 0 fully saturated rings. The lowest BCUT2D eigenvalue weighted by molar-refractivity contribution is 0.377. The van der Waals surface area contributed by atoms with Crippen molar-refractivity contribution in [2.75, 3.05) is 0 Å². The summed E-state index contributed by atoms with van der Waals surface area (Å²) < 4.78 is 0. The van der Waals surface area contributed by atoms with Gasteiger partial charge in [-0.1, -0.05) is 91.3 Å². The van der Waals surface area contributed by atoms with Crippen molar-refractivity contribution >= 4 is 15.9 Å². The van der Waals surface area contributed by atoms with E-state index in [4.69, 9.17) is 0 Å². The zero-order chi connectivity index (χ0) is 14.6. The van der Waals surface area contributed by atoms with E-state index in [1.54, 1.807) is 0 Å². The second-order valence-corrected chi connectivity index (χ2v) is 7.74. The quantitative estimate of drug-likeness (QED) is 0.590. The summed E-state index contributed by atoms with van der Waals surface area (Å²) in [5.74, 6) is 0. The van der Waals surface area contributed by atoms with Crippen LogP contribution in [0.4, 0.5) is 0 Å². The Morgan fingerprint density at radius 2 is 1.40 bits per heavy atom. The first-order chi connectivity index (χ1) is 9.44. The number of hydrogen-bond acceptors (Lipinski definition) is 0. The molecule has 20 heavy (non-hydrogen) atoms. The fraction of sp³-hybridized carbons (Fsp3) is 0.368. The Labute approximate surface area is 131 Å². The Morgan fingerprint density at radius 3 is 1.95 bits per heavy atom. The van der Waals surface area contributed by atoms with Gasteiger partial charge in [0.15, 0.2) is 0 Å². The highest BCUT2D eigenvalue weighted by atomic mass is 79.9. The van der Waals surface area contributed by atoms with Gasteiger partial charge in [-0.2, -0.15) is 0 Å². The number of hydrogen-bond donors (Lipinski definition) is 0. The maximum Gasteiger partial charge on any atom is 0.0400 e. The monoisotopic (exact) mass is 330 g/mol. The van der Waals surface area contributed by atoms with E-state index in [9.17, 15) is 0 Å². The van der Waals surface area contributed by atoms with Gasteiger partial charge in [-0.05, 0) is 34.9 Å². The van der Waals surface area contributed by atoms with Gasteiger partial charge in [0.1, 0.15) is 0 Å². The first kappa shape index (κ1) is 15.3. The number of benzene rings is 2. The Balaban J connectivity index is 2.03. The third kappa shape index (κ3) is 4.79. The van der Waals surface area contributed by atoms with Gasteiger partial charge in [0.05, 0.1) is 0 Å². The van der Waals surface area contributed by atoms with Crippen molar-refractivity contribution in [2.45, 2.75) is 38.4 Å². The minimum atomic E-state index is 0.344. The van der Waals surface area contributed by atoms with Gasteiger partial charge >= 0.3 is 0 Å². The normalized spacial score (nSPS) is 13.2. The van der Waals surface area contributed by atoms with Gasteiger partial charge in [-0.25, -0.2) is 0 Å². The molecule has 0 aliphatic carbocycles. The third-order valence-electron chi connectivity index (χ3n) is 3.38. The predicted octanol–water partition coefficient (Wildman–Crippen LogP) is 6.15. The van der Waals surface area contributed by atoms with Gasteiger partial charge < -0.3 is 0 Å². The Bertz CT molecular complexity index is 520. The minimum absolute atomic E-state index is 0.344. The summed E-state index contributed by atoms with van der Waals surface area (Å²) in [5, 5.41) is 0. The van der Waals surface area contributed by atoms with E-state index in [-0.39, 0.29) is 0 Å². The Morgan fingerprint density at radius 1 is 0.850 bits per heavy atom. The molecule has 0 spiro atoms. The molecule has 2 rings (SSSR count). The molecule has 0 amide bonds. The maximum atomic E-state index is 3.81. The summed E-state index contributed by atoms with van der Waals surface area (Å²) in [4.78, 5) is 0.438. The second-order valence-electron chi connectivity index (χ2n) is 6.64. The van der Waals surface area contributed by atoms with Crippen LogP contribution in [0.15, 0.2) is 54.6 Å². The largest absolute Gasteiger partial charge is 0.0839 e. The Kier molecular flexibility index (Phi) is 5.04. The zero-order valence-corrected chi connectivity index (χ0v) is 14.2. The molecule has 1 heteroatoms. The van der Waals surface area contributed by atoms with Gasteiger partial charge in [-0.15, -0.1) is 0 Å². The second kappa shape index (κ2) is 6.58. The van der Waals surface area contributed by atoms with Crippen molar-refractivity contribution in [3.63, 3.8) is 0 Å². The summed E-state index contributed by atoms with van der Waals surface area (Å²) in [7, 11) is 0. The molecule has 0 nitrogen and oxygen atoms in total. The molecule has 2 aromatic rings. The number of halogens is 1. The molecule has 0 bridgehead atoms. The van der Waals surface area contributed by atoms with Crippen LogP contribution in [-0.4, -0.2) is 0 Å². The predicted molar refractivity (Wildman–Crippen MR) is 91.4 cm³/mol. The zero-order valence-electron chi connectivity index (χ0n) is 12.6. The van der Waals surface area contributed by atoms with Crippen molar-refractivity contribution < 1.29 is 0 Å². The lowest BCUT2D eigenvalue weighted by Gasteiger charge is -2.22. The van der Waals surface area contributed by atoms with E-state index in [1.807, 2.05) is 0 Å². The molecule has 1 unspecified atom stereocenters. The molecule has 0 radical (unpaired) electrons. The van der Waals surface area contributed by atoms with E-state index in [0.29, 0.717) is 10.2 Å². The van der Waals surface area contributed by atoms with Crippen LogP contribution in [0.3, 0.4) is 0 Å². The lowest BCUT2D eigenvalue weighted by Crippen LogP contribution is -2.08. The van der Waals surface area contributed by atoms with Crippen molar-refractivity contribution in [1.82, 2.24) is 0 Å². The standard InChI is InChI=1S/C19H23Br/c1-19(2,3)14-18(20)17-11-9-16(10-12-17)13-15-7-5-4-6-8-15/h4-12,18H,13-14H2,1-3H3. The van der Waals surface area contributed by atoms with Crippen LogP contribution in [0.1, 0.15) is 48.7 Å². The lowest BCUT2D eigenvalue weighted by atomic mass is 9.88. The fourth-order valence-corrected chi connectivity index (χ4v) is 3.61. The number of rotatable bonds is 4. The first-order valence-electron chi connectivity index (χ1n) is 7.21. The third-order valence-corrected chi connectivity index (χ3v) is 4.24. The van der Waals surface area contributed by atoms with Gasteiger partial charge in [0, 0.05) is 4.83 Å². The van der Waals surface area contributed by atoms with Crippen molar-refractivity contribution in [3.05, 3.63) is 71.3 Å². The molecule has 0 saturated heterocycles. The average molecular weight is 331 g/mol. The van der Waals surface area contributed by atoms with E-state index in [1.165, 1.54) is 16.7 Å². The van der Waals surface area contributed by atoms with E-state index < -0.39 is 0 Å². The summed E-state index contributed by atoms with van der Waals surface area (Å²) in [5.41, 5.74) is 4.45. The van der Waals surface area contributed by atoms with Gasteiger partial charge in [0.2, 0.25) is 0 Å². The molecule has 1 atom stereocenters. The summed E-state index contributed by atoms with van der Waals surface area (Å²) in [6, 6.07) is 19.6. The molecule has 2 aromatic carbocycles. The molecule has 0 aromatic heterocycles. The molecular formula is C19H23Br. The topological polar surface area (TPSA) is 0 Å². The minimum Gasteiger partial charge on any atom is -0.0839 e. The molecule has 0 N–H and O–H groups in total. The van der Waals surface area contributed by atoms with Crippen LogP contribution in [0.25, 0.3) is 0 Å². The number of alkyl halides is 1. The van der Waals surface area contributed by atoms with Crippen LogP contribution in [0.2, 0.25) is 0 Å². The maximum absolute atomic E-state index is 3.81. The van der Waals surface area contributed by atoms with Crippen LogP contribution >= 0.6 is 15.9 Å². The fourth-order valence-electron chi connectivity index (χ4n) is 2.33. The van der Waals surface area contributed by atoms with Crippen molar-refractivity contribution in [3.8, 4) is 0 Å². The highest BCUT2D eigenvalue weighted by Gasteiger charge is 2.17. The molecular weight excluding hydrogens is 308 g/mol. The van der Waals surface area contributed by atoms with Crippen molar-refractivity contribution in [1.29, 1.82) is 0 Å². The molecule has 0 heterocycles. The SMILES string of the molecule is CC(C)(C)CC(Br)c1ccc(Cc2ccccc2)cc1. The average Bonchev–Trinajstić information content (AvgIpc) is 2.39. The van der Waals surface area contributed by atoms with Crippen molar-refractivity contribution in [2.24, 2.45) is 5.41 Å². The van der Waals surface area contributed by atoms with Crippen LogP contribution in [0.5, 0.6) is 0 Å². The van der Waals surface area contributed by atoms with E-state index in [0.717, 1.165) is 12.8 Å². The summed E-state index contributed by atoms with van der Waals surface area (Å²) in [6.45, 7) is 6.85. The van der Waals surface area contributed by atoms with Gasteiger partial charge in [0.25, 0.3) is 0 Å². The Hall–Kier alpha value is -1.08. The first-order valence-corrected chi connectivity index (χ1v) is 8.12. The van der Waals surface area contributed by atoms with E-state index >= 15 is 0 Å². The van der Waals surface area contributed by atoms with Crippen LogP contribution < -0.4 is 0 Å². The highest BCUT2D eigenvalue weighted by Crippen LogP contribution is 2.35. The smallest absolute Gasteiger partial charge is 0.0400 e. The summed E-state index contributed by atoms with van der Waals surface area (Å²) in [6.07, 6.45) is 2.15. The van der Waals surface area contributed by atoms with Crippen LogP contribution in [-0.2, 0) is 6.42 Å².